The van der Waals surface area contributed by atoms with Gasteiger partial charge in [0.15, 0.2) is 0 Å². The van der Waals surface area contributed by atoms with Gasteiger partial charge in [-0.05, 0) is 46.7 Å². The van der Waals surface area contributed by atoms with E-state index in [0.717, 1.165) is 15.4 Å². The van der Waals surface area contributed by atoms with Crippen molar-refractivity contribution >= 4 is 28.9 Å². The SMILES string of the molecule is CC(C=O)Cc1ccc(I)c(C#N)c1. The van der Waals surface area contributed by atoms with Crippen LogP contribution >= 0.6 is 22.6 Å². The number of carbonyl (C=O) groups excluding carboxylic acids is 1. The minimum atomic E-state index is 0.0154. The molecule has 0 radical (unpaired) electrons. The lowest BCUT2D eigenvalue weighted by molar-refractivity contribution is -0.110. The number of nitrogens with zero attached hydrogens (tertiary/aromatic N) is 1. The van der Waals surface area contributed by atoms with Gasteiger partial charge in [0.05, 0.1) is 5.56 Å². The molecule has 1 atom stereocenters. The van der Waals surface area contributed by atoms with Crippen LogP contribution in [-0.4, -0.2) is 6.29 Å². The van der Waals surface area contributed by atoms with Gasteiger partial charge < -0.3 is 4.79 Å². The van der Waals surface area contributed by atoms with Crippen molar-refractivity contribution < 1.29 is 4.79 Å². The van der Waals surface area contributed by atoms with Gasteiger partial charge in [0.1, 0.15) is 12.4 Å². The van der Waals surface area contributed by atoms with Gasteiger partial charge in [0.2, 0.25) is 0 Å². The van der Waals surface area contributed by atoms with Crippen LogP contribution in [0.4, 0.5) is 0 Å². The van der Waals surface area contributed by atoms with E-state index in [0.29, 0.717) is 12.0 Å². The number of carbonyl (C=O) groups is 1. The second kappa shape index (κ2) is 5.11. The molecule has 14 heavy (non-hydrogen) atoms. The maximum absolute atomic E-state index is 10.5. The minimum absolute atomic E-state index is 0.0154. The highest BCUT2D eigenvalue weighted by atomic mass is 127. The molecule has 0 aliphatic rings. The Hall–Kier alpha value is -0.890. The van der Waals surface area contributed by atoms with Crippen molar-refractivity contribution in [1.82, 2.24) is 0 Å². The van der Waals surface area contributed by atoms with Crippen LogP contribution in [0.1, 0.15) is 18.1 Å². The lowest BCUT2D eigenvalue weighted by Crippen LogP contribution is -2.01. The molecule has 1 aromatic carbocycles. The Kier molecular flexibility index (Phi) is 4.08. The second-order valence-electron chi connectivity index (χ2n) is 3.24. The Morgan fingerprint density at radius 2 is 2.36 bits per heavy atom. The highest BCUT2D eigenvalue weighted by molar-refractivity contribution is 14.1. The summed E-state index contributed by atoms with van der Waals surface area (Å²) in [7, 11) is 0. The van der Waals surface area contributed by atoms with Crippen LogP contribution < -0.4 is 0 Å². The van der Waals surface area contributed by atoms with Crippen LogP contribution in [0.3, 0.4) is 0 Å². The topological polar surface area (TPSA) is 40.9 Å². The standard InChI is InChI=1S/C11H10INO/c1-8(7-14)4-9-2-3-11(12)10(5-9)6-13/h2-3,5,7-8H,4H2,1H3. The first-order valence-corrected chi connectivity index (χ1v) is 5.39. The molecule has 1 aromatic rings. The van der Waals surface area contributed by atoms with Crippen molar-refractivity contribution in [3.8, 4) is 6.07 Å². The zero-order valence-electron chi connectivity index (χ0n) is 7.83. The summed E-state index contributed by atoms with van der Waals surface area (Å²) in [5, 5.41) is 8.81. The van der Waals surface area contributed by atoms with Crippen molar-refractivity contribution in [3.63, 3.8) is 0 Å². The van der Waals surface area contributed by atoms with Crippen LogP contribution in [0, 0.1) is 20.8 Å². The molecule has 0 amide bonds. The fraction of sp³-hybridized carbons (Fsp3) is 0.273. The van der Waals surface area contributed by atoms with Crippen LogP contribution in [-0.2, 0) is 11.2 Å². The van der Waals surface area contributed by atoms with Gasteiger partial charge in [-0.2, -0.15) is 5.26 Å². The van der Waals surface area contributed by atoms with Crippen LogP contribution in [0.5, 0.6) is 0 Å². The number of rotatable bonds is 3. The van der Waals surface area contributed by atoms with Crippen molar-refractivity contribution in [1.29, 1.82) is 5.26 Å². The quantitative estimate of drug-likeness (QED) is 0.635. The molecular formula is C11H10INO. The van der Waals surface area contributed by atoms with Gasteiger partial charge in [-0.15, -0.1) is 0 Å². The molecule has 0 aliphatic heterocycles. The summed E-state index contributed by atoms with van der Waals surface area (Å²) >= 11 is 2.13. The van der Waals surface area contributed by atoms with E-state index in [9.17, 15) is 4.79 Å². The van der Waals surface area contributed by atoms with Gasteiger partial charge in [-0.25, -0.2) is 0 Å². The second-order valence-corrected chi connectivity index (χ2v) is 4.41. The lowest BCUT2D eigenvalue weighted by Gasteiger charge is -2.04. The van der Waals surface area contributed by atoms with E-state index in [1.807, 2.05) is 25.1 Å². The molecule has 2 nitrogen and oxygen atoms in total. The predicted molar refractivity (Wildman–Crippen MR) is 62.8 cm³/mol. The number of halogens is 1. The first-order chi connectivity index (χ1) is 6.67. The third-order valence-electron chi connectivity index (χ3n) is 1.94. The van der Waals surface area contributed by atoms with E-state index < -0.39 is 0 Å². The number of hydrogen-bond donors (Lipinski definition) is 0. The summed E-state index contributed by atoms with van der Waals surface area (Å²) in [6.45, 7) is 1.87. The fourth-order valence-corrected chi connectivity index (χ4v) is 1.66. The van der Waals surface area contributed by atoms with Crippen molar-refractivity contribution in [3.05, 3.63) is 32.9 Å². The highest BCUT2D eigenvalue weighted by Crippen LogP contribution is 2.15. The molecule has 1 unspecified atom stereocenters. The zero-order valence-corrected chi connectivity index (χ0v) is 9.98. The molecule has 0 saturated carbocycles. The van der Waals surface area contributed by atoms with Gasteiger partial charge in [-0.1, -0.05) is 13.0 Å². The summed E-state index contributed by atoms with van der Waals surface area (Å²) in [5.74, 6) is 0.0154. The molecule has 3 heteroatoms. The summed E-state index contributed by atoms with van der Waals surface area (Å²) in [4.78, 5) is 10.5. The number of aldehydes is 1. The monoisotopic (exact) mass is 299 g/mol. The first kappa shape index (κ1) is 11.2. The molecule has 0 aliphatic carbocycles. The molecule has 0 N–H and O–H groups in total. The zero-order chi connectivity index (χ0) is 10.6. The Bertz CT molecular complexity index is 381. The molecule has 0 bridgehead atoms. The summed E-state index contributed by atoms with van der Waals surface area (Å²) < 4.78 is 0.951. The summed E-state index contributed by atoms with van der Waals surface area (Å²) in [5.41, 5.74) is 1.72. The molecule has 0 heterocycles. The third kappa shape index (κ3) is 2.81. The number of benzene rings is 1. The number of nitriles is 1. The summed E-state index contributed by atoms with van der Waals surface area (Å²) in [6.07, 6.45) is 1.64. The van der Waals surface area contributed by atoms with E-state index in [-0.39, 0.29) is 5.92 Å². The predicted octanol–water partition coefficient (Wildman–Crippen LogP) is 2.54. The first-order valence-electron chi connectivity index (χ1n) is 4.31. The van der Waals surface area contributed by atoms with Crippen molar-refractivity contribution in [2.75, 3.05) is 0 Å². The van der Waals surface area contributed by atoms with Crippen LogP contribution in [0.2, 0.25) is 0 Å². The van der Waals surface area contributed by atoms with E-state index >= 15 is 0 Å². The molecule has 1 rings (SSSR count). The number of hydrogen-bond acceptors (Lipinski definition) is 2. The molecule has 0 fully saturated rings. The van der Waals surface area contributed by atoms with E-state index in [4.69, 9.17) is 5.26 Å². The lowest BCUT2D eigenvalue weighted by atomic mass is 10.0. The van der Waals surface area contributed by atoms with Crippen LogP contribution in [0.25, 0.3) is 0 Å². The molecule has 0 spiro atoms. The van der Waals surface area contributed by atoms with Gasteiger partial charge in [0.25, 0.3) is 0 Å². The summed E-state index contributed by atoms with van der Waals surface area (Å²) in [6, 6.07) is 7.85. The molecule has 0 aromatic heterocycles. The van der Waals surface area contributed by atoms with Gasteiger partial charge in [-0.3, -0.25) is 0 Å². The van der Waals surface area contributed by atoms with Crippen molar-refractivity contribution in [2.24, 2.45) is 5.92 Å². The molecular weight excluding hydrogens is 289 g/mol. The maximum Gasteiger partial charge on any atom is 0.123 e. The van der Waals surface area contributed by atoms with Gasteiger partial charge >= 0.3 is 0 Å². The largest absolute Gasteiger partial charge is 0.303 e. The van der Waals surface area contributed by atoms with E-state index in [2.05, 4.69) is 28.7 Å². The Balaban J connectivity index is 2.91. The van der Waals surface area contributed by atoms with Crippen molar-refractivity contribution in [2.45, 2.75) is 13.3 Å². The molecule has 0 saturated heterocycles. The highest BCUT2D eigenvalue weighted by Gasteiger charge is 2.04. The maximum atomic E-state index is 10.5. The van der Waals surface area contributed by atoms with Crippen LogP contribution in [0.15, 0.2) is 18.2 Å². The Morgan fingerprint density at radius 3 is 2.93 bits per heavy atom. The Labute approximate surface area is 97.1 Å². The average Bonchev–Trinajstić information content (AvgIpc) is 2.20. The van der Waals surface area contributed by atoms with Gasteiger partial charge in [0, 0.05) is 9.49 Å². The average molecular weight is 299 g/mol. The normalized spacial score (nSPS) is 11.8. The van der Waals surface area contributed by atoms with E-state index in [1.54, 1.807) is 0 Å². The third-order valence-corrected chi connectivity index (χ3v) is 2.88. The van der Waals surface area contributed by atoms with E-state index in [1.165, 1.54) is 0 Å². The molecule has 72 valence electrons. The minimum Gasteiger partial charge on any atom is -0.303 e. The fourth-order valence-electron chi connectivity index (χ4n) is 1.20. The Morgan fingerprint density at radius 1 is 1.64 bits per heavy atom. The smallest absolute Gasteiger partial charge is 0.123 e.